The van der Waals surface area contributed by atoms with E-state index in [1.807, 2.05) is 31.2 Å². The van der Waals surface area contributed by atoms with Crippen molar-refractivity contribution < 1.29 is 14.4 Å². The van der Waals surface area contributed by atoms with Gasteiger partial charge in [-0.3, -0.25) is 14.9 Å². The number of fused-ring (bicyclic) bond motifs is 1. The number of aromatic amines is 1. The first kappa shape index (κ1) is 16.0. The second kappa shape index (κ2) is 6.35. The zero-order valence-corrected chi connectivity index (χ0v) is 13.7. The van der Waals surface area contributed by atoms with Gasteiger partial charge in [0.05, 0.1) is 6.54 Å². The van der Waals surface area contributed by atoms with E-state index in [9.17, 15) is 14.4 Å². The molecule has 1 aliphatic heterocycles. The third-order valence-electron chi connectivity index (χ3n) is 4.40. The molecule has 1 aliphatic rings. The number of imide groups is 1. The lowest BCUT2D eigenvalue weighted by molar-refractivity contribution is -0.130. The van der Waals surface area contributed by atoms with Crippen LogP contribution in [-0.4, -0.2) is 40.8 Å². The van der Waals surface area contributed by atoms with Crippen molar-refractivity contribution in [2.75, 3.05) is 7.05 Å². The predicted molar refractivity (Wildman–Crippen MR) is 89.2 cm³/mol. The zero-order chi connectivity index (χ0) is 17.3. The molecule has 0 bridgehead atoms. The smallest absolute Gasteiger partial charge is 0.322 e. The summed E-state index contributed by atoms with van der Waals surface area (Å²) in [6.07, 6.45) is 0.501. The lowest BCUT2D eigenvalue weighted by Gasteiger charge is -2.17. The number of hydrogen-bond acceptors (Lipinski definition) is 3. The standard InChI is InChI=1S/C17H20N4O3/c1-10-11-5-3-4-6-12(11)18-14(10)9-21(2)15(22)8-7-13-16(23)20-17(24)19-13/h3-6,13,18H,7-9H2,1-2H3,(H2,19,20,23,24)/t13-/m0/s1. The van der Waals surface area contributed by atoms with Gasteiger partial charge in [0.1, 0.15) is 6.04 Å². The van der Waals surface area contributed by atoms with Gasteiger partial charge in [-0.2, -0.15) is 0 Å². The SMILES string of the molecule is Cc1c(CN(C)C(=O)CC[C@@H]2NC(=O)NC2=O)[nH]c2ccccc12. The van der Waals surface area contributed by atoms with Crippen LogP contribution in [0.25, 0.3) is 10.9 Å². The van der Waals surface area contributed by atoms with Gasteiger partial charge in [-0.1, -0.05) is 18.2 Å². The maximum Gasteiger partial charge on any atom is 0.322 e. The van der Waals surface area contributed by atoms with Crippen molar-refractivity contribution in [3.63, 3.8) is 0 Å². The molecule has 0 unspecified atom stereocenters. The first-order valence-corrected chi connectivity index (χ1v) is 7.87. The minimum atomic E-state index is -0.621. The van der Waals surface area contributed by atoms with Crippen LogP contribution in [0, 0.1) is 6.92 Å². The molecule has 126 valence electrons. The quantitative estimate of drug-likeness (QED) is 0.725. The molecular formula is C17H20N4O3. The number of urea groups is 1. The Morgan fingerprint density at radius 1 is 1.25 bits per heavy atom. The summed E-state index contributed by atoms with van der Waals surface area (Å²) >= 11 is 0. The summed E-state index contributed by atoms with van der Waals surface area (Å²) in [6.45, 7) is 2.51. The van der Waals surface area contributed by atoms with Crippen LogP contribution in [0.4, 0.5) is 4.79 Å². The highest BCUT2D eigenvalue weighted by atomic mass is 16.2. The fraction of sp³-hybridized carbons (Fsp3) is 0.353. The van der Waals surface area contributed by atoms with Gasteiger partial charge in [-0.15, -0.1) is 0 Å². The van der Waals surface area contributed by atoms with Gasteiger partial charge in [0.25, 0.3) is 5.91 Å². The van der Waals surface area contributed by atoms with Crippen molar-refractivity contribution in [2.45, 2.75) is 32.4 Å². The van der Waals surface area contributed by atoms with E-state index >= 15 is 0 Å². The number of nitrogens with one attached hydrogen (secondary N) is 3. The van der Waals surface area contributed by atoms with E-state index < -0.39 is 12.1 Å². The number of carbonyl (C=O) groups is 3. The summed E-state index contributed by atoms with van der Waals surface area (Å²) in [5, 5.41) is 5.81. The minimum absolute atomic E-state index is 0.0676. The summed E-state index contributed by atoms with van der Waals surface area (Å²) in [5.41, 5.74) is 3.18. The van der Waals surface area contributed by atoms with Crippen LogP contribution in [0.3, 0.4) is 0 Å². The number of rotatable bonds is 5. The van der Waals surface area contributed by atoms with Gasteiger partial charge in [0.15, 0.2) is 0 Å². The number of amides is 4. The number of para-hydroxylation sites is 1. The Bertz CT molecular complexity index is 811. The van der Waals surface area contributed by atoms with Gasteiger partial charge < -0.3 is 15.2 Å². The average Bonchev–Trinajstić information content (AvgIpc) is 3.04. The average molecular weight is 328 g/mol. The maximum absolute atomic E-state index is 12.3. The van der Waals surface area contributed by atoms with E-state index in [4.69, 9.17) is 0 Å². The Morgan fingerprint density at radius 2 is 2.00 bits per heavy atom. The van der Waals surface area contributed by atoms with E-state index in [2.05, 4.69) is 15.6 Å². The van der Waals surface area contributed by atoms with Crippen molar-refractivity contribution in [1.29, 1.82) is 0 Å². The summed E-state index contributed by atoms with van der Waals surface area (Å²) in [5.74, 6) is -0.441. The maximum atomic E-state index is 12.3. The molecule has 0 aliphatic carbocycles. The van der Waals surface area contributed by atoms with Crippen LogP contribution in [0.15, 0.2) is 24.3 Å². The summed E-state index contributed by atoms with van der Waals surface area (Å²) < 4.78 is 0. The second-order valence-corrected chi connectivity index (χ2v) is 6.08. The van der Waals surface area contributed by atoms with Crippen molar-refractivity contribution >= 4 is 28.7 Å². The summed E-state index contributed by atoms with van der Waals surface area (Å²) in [7, 11) is 1.74. The summed E-state index contributed by atoms with van der Waals surface area (Å²) in [6, 6.07) is 6.90. The minimum Gasteiger partial charge on any atom is -0.357 e. The Morgan fingerprint density at radius 3 is 2.67 bits per heavy atom. The summed E-state index contributed by atoms with van der Waals surface area (Å²) in [4.78, 5) is 39.8. The van der Waals surface area contributed by atoms with E-state index in [0.717, 1.165) is 22.2 Å². The lowest BCUT2D eigenvalue weighted by atomic mass is 10.1. The van der Waals surface area contributed by atoms with Gasteiger partial charge in [0.2, 0.25) is 5.91 Å². The molecule has 1 aromatic carbocycles. The number of H-pyrrole nitrogens is 1. The van der Waals surface area contributed by atoms with Crippen LogP contribution >= 0.6 is 0 Å². The largest absolute Gasteiger partial charge is 0.357 e. The molecule has 1 saturated heterocycles. The van der Waals surface area contributed by atoms with E-state index in [0.29, 0.717) is 13.0 Å². The fourth-order valence-electron chi connectivity index (χ4n) is 2.94. The van der Waals surface area contributed by atoms with Crippen molar-refractivity contribution in [1.82, 2.24) is 20.5 Å². The highest BCUT2D eigenvalue weighted by molar-refractivity contribution is 6.04. The Hall–Kier alpha value is -2.83. The van der Waals surface area contributed by atoms with Crippen molar-refractivity contribution in [3.8, 4) is 0 Å². The van der Waals surface area contributed by atoms with Crippen molar-refractivity contribution in [3.05, 3.63) is 35.5 Å². The fourth-order valence-corrected chi connectivity index (χ4v) is 2.94. The molecule has 1 atom stereocenters. The molecule has 4 amide bonds. The van der Waals surface area contributed by atoms with Crippen LogP contribution in [0.2, 0.25) is 0 Å². The van der Waals surface area contributed by atoms with E-state index in [1.54, 1.807) is 11.9 Å². The molecule has 3 rings (SSSR count). The Balaban J connectivity index is 1.60. The monoisotopic (exact) mass is 328 g/mol. The van der Waals surface area contributed by atoms with Crippen molar-refractivity contribution in [2.24, 2.45) is 0 Å². The normalized spacial score (nSPS) is 17.0. The second-order valence-electron chi connectivity index (χ2n) is 6.08. The topological polar surface area (TPSA) is 94.3 Å². The highest BCUT2D eigenvalue weighted by Gasteiger charge is 2.29. The van der Waals surface area contributed by atoms with Crippen LogP contribution in [0.1, 0.15) is 24.1 Å². The molecule has 0 saturated carbocycles. The molecule has 7 nitrogen and oxygen atoms in total. The first-order valence-electron chi connectivity index (χ1n) is 7.87. The number of aromatic nitrogens is 1. The number of aryl methyl sites for hydroxylation is 1. The molecule has 2 heterocycles. The first-order chi connectivity index (χ1) is 11.5. The molecular weight excluding hydrogens is 308 g/mol. The number of nitrogens with zero attached hydrogens (tertiary/aromatic N) is 1. The molecule has 0 radical (unpaired) electrons. The van der Waals surface area contributed by atoms with Crippen LogP contribution in [-0.2, 0) is 16.1 Å². The molecule has 24 heavy (non-hydrogen) atoms. The molecule has 0 spiro atoms. The van der Waals surface area contributed by atoms with Gasteiger partial charge in [-0.25, -0.2) is 4.79 Å². The highest BCUT2D eigenvalue weighted by Crippen LogP contribution is 2.22. The Labute approximate surface area is 139 Å². The third-order valence-corrected chi connectivity index (χ3v) is 4.40. The molecule has 1 aromatic heterocycles. The van der Waals surface area contributed by atoms with E-state index in [1.165, 1.54) is 0 Å². The van der Waals surface area contributed by atoms with E-state index in [-0.39, 0.29) is 18.2 Å². The number of carbonyl (C=O) groups excluding carboxylic acids is 3. The van der Waals surface area contributed by atoms with Gasteiger partial charge in [0, 0.05) is 30.1 Å². The molecule has 1 fully saturated rings. The molecule has 3 N–H and O–H groups in total. The van der Waals surface area contributed by atoms with Crippen LogP contribution in [0.5, 0.6) is 0 Å². The number of hydrogen-bond donors (Lipinski definition) is 3. The Kier molecular flexibility index (Phi) is 4.24. The number of benzene rings is 1. The lowest BCUT2D eigenvalue weighted by Crippen LogP contribution is -2.32. The third kappa shape index (κ3) is 3.10. The van der Waals surface area contributed by atoms with Crippen LogP contribution < -0.4 is 10.6 Å². The van der Waals surface area contributed by atoms with Gasteiger partial charge in [-0.05, 0) is 25.0 Å². The zero-order valence-electron chi connectivity index (χ0n) is 13.7. The molecule has 2 aromatic rings. The van der Waals surface area contributed by atoms with Gasteiger partial charge >= 0.3 is 6.03 Å². The molecule has 7 heteroatoms. The predicted octanol–water partition coefficient (Wildman–Crippen LogP) is 1.42.